The summed E-state index contributed by atoms with van der Waals surface area (Å²) in [5.41, 5.74) is 0.642. The second-order valence-electron chi connectivity index (χ2n) is 5.46. The van der Waals surface area contributed by atoms with Gasteiger partial charge in [0.1, 0.15) is 4.90 Å². The van der Waals surface area contributed by atoms with Crippen molar-refractivity contribution < 1.29 is 8.42 Å². The Morgan fingerprint density at radius 2 is 2.10 bits per heavy atom. The number of anilines is 1. The lowest BCUT2D eigenvalue weighted by molar-refractivity contribution is 0.238. The fourth-order valence-corrected chi connectivity index (χ4v) is 4.38. The quantitative estimate of drug-likeness (QED) is 0.871. The number of nitrogens with zero attached hydrogens (tertiary/aromatic N) is 2. The van der Waals surface area contributed by atoms with Crippen LogP contribution in [-0.2, 0) is 10.0 Å². The third kappa shape index (κ3) is 3.39. The predicted molar refractivity (Wildman–Crippen MR) is 86.1 cm³/mol. The second kappa shape index (κ2) is 6.77. The predicted octanol–water partition coefficient (Wildman–Crippen LogP) is 1.83. The maximum Gasteiger partial charge on any atom is 0.244 e. The Bertz CT molecular complexity index is 574. The highest BCUT2D eigenvalue weighted by atomic mass is 32.2. The molecule has 1 atom stereocenters. The number of rotatable bonds is 6. The van der Waals surface area contributed by atoms with Gasteiger partial charge in [0.2, 0.25) is 10.0 Å². The number of likely N-dealkylation sites (tertiary alicyclic amines) is 1. The fourth-order valence-electron chi connectivity index (χ4n) is 2.98. The highest BCUT2D eigenvalue weighted by molar-refractivity contribution is 7.89. The zero-order valence-corrected chi connectivity index (χ0v) is 13.9. The van der Waals surface area contributed by atoms with Gasteiger partial charge in [0.05, 0.1) is 5.69 Å². The molecule has 1 aromatic rings. The normalized spacial score (nSPS) is 20.1. The molecule has 0 aliphatic carbocycles. The van der Waals surface area contributed by atoms with Crippen molar-refractivity contribution >= 4 is 15.7 Å². The number of likely N-dealkylation sites (N-methyl/N-ethyl adjacent to an activating group) is 2. The minimum Gasteiger partial charge on any atom is -0.387 e. The molecule has 0 spiro atoms. The van der Waals surface area contributed by atoms with Gasteiger partial charge in [-0.3, -0.25) is 4.90 Å². The van der Waals surface area contributed by atoms with Crippen molar-refractivity contribution in [1.82, 2.24) is 9.21 Å². The van der Waals surface area contributed by atoms with Gasteiger partial charge >= 0.3 is 0 Å². The van der Waals surface area contributed by atoms with E-state index in [-0.39, 0.29) is 0 Å². The van der Waals surface area contributed by atoms with E-state index in [1.165, 1.54) is 4.31 Å². The molecule has 1 N–H and O–H groups in total. The van der Waals surface area contributed by atoms with Crippen LogP contribution in [0.1, 0.15) is 19.8 Å². The van der Waals surface area contributed by atoms with Crippen LogP contribution >= 0.6 is 0 Å². The van der Waals surface area contributed by atoms with E-state index in [0.29, 0.717) is 23.2 Å². The second-order valence-corrected chi connectivity index (χ2v) is 7.47. The lowest BCUT2D eigenvalue weighted by atomic mass is 10.2. The van der Waals surface area contributed by atoms with E-state index in [9.17, 15) is 8.42 Å². The SMILES string of the molecule is CCN1CCCC1CN(C)S(=O)(=O)c1ccccc1NC. The lowest BCUT2D eigenvalue weighted by Crippen LogP contribution is -2.41. The Kier molecular flexibility index (Phi) is 5.24. The van der Waals surface area contributed by atoms with Crippen LogP contribution in [0.4, 0.5) is 5.69 Å². The highest BCUT2D eigenvalue weighted by Gasteiger charge is 2.30. The molecule has 1 heterocycles. The van der Waals surface area contributed by atoms with Gasteiger partial charge in [-0.2, -0.15) is 4.31 Å². The van der Waals surface area contributed by atoms with Gasteiger partial charge < -0.3 is 5.32 Å². The first-order chi connectivity index (χ1) is 10.0. The summed E-state index contributed by atoms with van der Waals surface area (Å²) in [4.78, 5) is 2.70. The first-order valence-electron chi connectivity index (χ1n) is 7.48. The molecule has 0 bridgehead atoms. The molecular weight excluding hydrogens is 286 g/mol. The van der Waals surface area contributed by atoms with Gasteiger partial charge in [0.25, 0.3) is 0 Å². The summed E-state index contributed by atoms with van der Waals surface area (Å²) in [6.45, 7) is 4.73. The summed E-state index contributed by atoms with van der Waals surface area (Å²) in [5, 5.41) is 2.95. The molecular formula is C15H25N3O2S. The van der Waals surface area contributed by atoms with Crippen molar-refractivity contribution in [3.05, 3.63) is 24.3 Å². The van der Waals surface area contributed by atoms with Crippen molar-refractivity contribution in [2.24, 2.45) is 0 Å². The Morgan fingerprint density at radius 3 is 2.76 bits per heavy atom. The zero-order valence-electron chi connectivity index (χ0n) is 13.0. The maximum atomic E-state index is 12.8. The van der Waals surface area contributed by atoms with Gasteiger partial charge in [-0.1, -0.05) is 19.1 Å². The Balaban J connectivity index is 2.19. The molecule has 0 amide bonds. The highest BCUT2D eigenvalue weighted by Crippen LogP contribution is 2.25. The van der Waals surface area contributed by atoms with Gasteiger partial charge in [-0.15, -0.1) is 0 Å². The van der Waals surface area contributed by atoms with Crippen molar-refractivity contribution in [3.63, 3.8) is 0 Å². The summed E-state index contributed by atoms with van der Waals surface area (Å²) in [6.07, 6.45) is 2.22. The average molecular weight is 311 g/mol. The van der Waals surface area contributed by atoms with Crippen LogP contribution < -0.4 is 5.32 Å². The summed E-state index contributed by atoms with van der Waals surface area (Å²) < 4.78 is 27.0. The molecule has 1 aliphatic rings. The number of nitrogens with one attached hydrogen (secondary N) is 1. The topological polar surface area (TPSA) is 52.7 Å². The van der Waals surface area contributed by atoms with E-state index in [2.05, 4.69) is 17.1 Å². The number of hydrogen-bond donors (Lipinski definition) is 1. The molecule has 1 fully saturated rings. The summed E-state index contributed by atoms with van der Waals surface area (Å²) in [6, 6.07) is 7.37. The largest absolute Gasteiger partial charge is 0.387 e. The molecule has 0 aromatic heterocycles. The fraction of sp³-hybridized carbons (Fsp3) is 0.600. The van der Waals surface area contributed by atoms with E-state index < -0.39 is 10.0 Å². The molecule has 0 saturated carbocycles. The van der Waals surface area contributed by atoms with Gasteiger partial charge in [0, 0.05) is 26.7 Å². The van der Waals surface area contributed by atoms with Crippen molar-refractivity contribution in [2.45, 2.75) is 30.7 Å². The van der Waals surface area contributed by atoms with Crippen LogP contribution in [0.2, 0.25) is 0 Å². The van der Waals surface area contributed by atoms with Crippen molar-refractivity contribution in [2.75, 3.05) is 39.0 Å². The van der Waals surface area contributed by atoms with Crippen LogP contribution in [0.5, 0.6) is 0 Å². The third-order valence-electron chi connectivity index (χ3n) is 4.22. The van der Waals surface area contributed by atoms with Gasteiger partial charge in [-0.25, -0.2) is 8.42 Å². The zero-order chi connectivity index (χ0) is 15.5. The Morgan fingerprint density at radius 1 is 1.38 bits per heavy atom. The van der Waals surface area contributed by atoms with E-state index in [1.54, 1.807) is 32.3 Å². The van der Waals surface area contributed by atoms with Crippen LogP contribution in [0, 0.1) is 0 Å². The van der Waals surface area contributed by atoms with E-state index in [4.69, 9.17) is 0 Å². The minimum absolute atomic E-state index is 0.330. The lowest BCUT2D eigenvalue weighted by Gasteiger charge is -2.27. The molecule has 1 aliphatic heterocycles. The summed E-state index contributed by atoms with van der Waals surface area (Å²) in [5.74, 6) is 0. The smallest absolute Gasteiger partial charge is 0.244 e. The van der Waals surface area contributed by atoms with Crippen molar-refractivity contribution in [1.29, 1.82) is 0 Å². The summed E-state index contributed by atoms with van der Waals surface area (Å²) >= 11 is 0. The van der Waals surface area contributed by atoms with Crippen LogP contribution in [0.15, 0.2) is 29.2 Å². The Labute approximate surface area is 128 Å². The number of benzene rings is 1. The molecule has 0 radical (unpaired) electrons. The van der Waals surface area contributed by atoms with E-state index >= 15 is 0 Å². The summed E-state index contributed by atoms with van der Waals surface area (Å²) in [7, 11) is -0.0419. The number of hydrogen-bond acceptors (Lipinski definition) is 4. The monoisotopic (exact) mass is 311 g/mol. The van der Waals surface area contributed by atoms with Crippen LogP contribution in [0.25, 0.3) is 0 Å². The molecule has 2 rings (SSSR count). The van der Waals surface area contributed by atoms with Crippen molar-refractivity contribution in [3.8, 4) is 0 Å². The molecule has 1 aromatic carbocycles. The molecule has 1 unspecified atom stereocenters. The molecule has 1 saturated heterocycles. The Hall–Kier alpha value is -1.11. The molecule has 21 heavy (non-hydrogen) atoms. The van der Waals surface area contributed by atoms with Gasteiger partial charge in [-0.05, 0) is 38.1 Å². The van der Waals surface area contributed by atoms with Crippen LogP contribution in [0.3, 0.4) is 0 Å². The molecule has 6 heteroatoms. The number of sulfonamides is 1. The van der Waals surface area contributed by atoms with Gasteiger partial charge in [0.15, 0.2) is 0 Å². The number of para-hydroxylation sites is 1. The van der Waals surface area contributed by atoms with E-state index in [1.807, 2.05) is 6.07 Å². The van der Waals surface area contributed by atoms with E-state index in [0.717, 1.165) is 25.9 Å². The minimum atomic E-state index is -3.46. The standard InChI is InChI=1S/C15H25N3O2S/c1-4-18-11-7-8-13(18)12-17(3)21(19,20)15-10-6-5-9-14(15)16-2/h5-6,9-10,13,16H,4,7-8,11-12H2,1-3H3. The molecule has 118 valence electrons. The first kappa shape index (κ1) is 16.3. The molecule has 5 nitrogen and oxygen atoms in total. The average Bonchev–Trinajstić information content (AvgIpc) is 2.94. The maximum absolute atomic E-state index is 12.8. The van der Waals surface area contributed by atoms with Crippen LogP contribution in [-0.4, -0.2) is 57.4 Å². The first-order valence-corrected chi connectivity index (χ1v) is 8.92. The third-order valence-corrected chi connectivity index (χ3v) is 6.10.